The van der Waals surface area contributed by atoms with Gasteiger partial charge in [0.2, 0.25) is 0 Å². The van der Waals surface area contributed by atoms with Crippen molar-refractivity contribution in [1.29, 1.82) is 0 Å². The Hall–Kier alpha value is -3.06. The van der Waals surface area contributed by atoms with Crippen molar-refractivity contribution in [3.05, 3.63) is 83.9 Å². The summed E-state index contributed by atoms with van der Waals surface area (Å²) in [6.07, 6.45) is 1.04. The first kappa shape index (κ1) is 14.1. The van der Waals surface area contributed by atoms with Crippen LogP contribution in [-0.2, 0) is 13.0 Å². The second-order valence-corrected chi connectivity index (χ2v) is 7.28. The van der Waals surface area contributed by atoms with E-state index in [1.807, 2.05) is 0 Å². The van der Waals surface area contributed by atoms with E-state index >= 15 is 0 Å². The average Bonchev–Trinajstić information content (AvgIpc) is 3.22. The topological polar surface area (TPSA) is 4.93 Å². The predicted molar refractivity (Wildman–Crippen MR) is 111 cm³/mol. The third kappa shape index (κ3) is 1.70. The van der Waals surface area contributed by atoms with Crippen molar-refractivity contribution in [3.8, 4) is 11.1 Å². The fraction of sp³-hybridized carbons (Fsp3) is 0.120. The largest absolute Gasteiger partial charge is 0.341 e. The Morgan fingerprint density at radius 3 is 2.50 bits per heavy atom. The highest BCUT2D eigenvalue weighted by atomic mass is 15.0. The number of nitrogens with zero attached hydrogens (tertiary/aromatic N) is 1. The van der Waals surface area contributed by atoms with Gasteiger partial charge in [-0.25, -0.2) is 0 Å². The summed E-state index contributed by atoms with van der Waals surface area (Å²) in [6, 6.07) is 27.0. The quantitative estimate of drug-likeness (QED) is 0.322. The van der Waals surface area contributed by atoms with E-state index < -0.39 is 0 Å². The van der Waals surface area contributed by atoms with Crippen molar-refractivity contribution in [2.24, 2.45) is 0 Å². The summed E-state index contributed by atoms with van der Waals surface area (Å²) in [5, 5.41) is 5.48. The fourth-order valence-corrected chi connectivity index (χ4v) is 4.84. The number of para-hydroxylation sites is 1. The fourth-order valence-electron chi connectivity index (χ4n) is 4.84. The molecule has 0 N–H and O–H groups in total. The molecule has 1 aliphatic rings. The van der Waals surface area contributed by atoms with E-state index in [-0.39, 0.29) is 0 Å². The zero-order valence-electron chi connectivity index (χ0n) is 14.8. The summed E-state index contributed by atoms with van der Waals surface area (Å²) in [5.74, 6) is 0. The maximum atomic E-state index is 2.45. The van der Waals surface area contributed by atoms with E-state index in [0.717, 1.165) is 13.0 Å². The summed E-state index contributed by atoms with van der Waals surface area (Å²) in [6.45, 7) is 3.23. The summed E-state index contributed by atoms with van der Waals surface area (Å²) < 4.78 is 2.45. The molecule has 0 saturated heterocycles. The van der Waals surface area contributed by atoms with Gasteiger partial charge in [-0.2, -0.15) is 0 Å². The van der Waals surface area contributed by atoms with Crippen molar-refractivity contribution in [2.75, 3.05) is 0 Å². The molecule has 0 atom stereocenters. The first-order valence-corrected chi connectivity index (χ1v) is 9.40. The molecule has 0 unspecified atom stereocenters. The molecule has 0 fully saturated rings. The molecule has 5 aromatic rings. The smallest absolute Gasteiger partial charge is 0.0497 e. The van der Waals surface area contributed by atoms with Crippen molar-refractivity contribution in [1.82, 2.24) is 4.57 Å². The predicted octanol–water partition coefficient (Wildman–Crippen LogP) is 6.54. The highest BCUT2D eigenvalue weighted by molar-refractivity contribution is 6.13. The van der Waals surface area contributed by atoms with E-state index in [2.05, 4.69) is 84.3 Å². The molecule has 0 radical (unpaired) electrons. The number of hydrogen-bond acceptors (Lipinski definition) is 0. The number of hydrogen-bond donors (Lipinski definition) is 0. The maximum Gasteiger partial charge on any atom is 0.0497 e. The van der Waals surface area contributed by atoms with Crippen molar-refractivity contribution in [2.45, 2.75) is 19.9 Å². The Labute approximate surface area is 152 Å². The lowest BCUT2D eigenvalue weighted by Crippen LogP contribution is -1.93. The van der Waals surface area contributed by atoms with E-state index in [1.165, 1.54) is 54.8 Å². The van der Waals surface area contributed by atoms with Gasteiger partial charge in [-0.3, -0.25) is 0 Å². The summed E-state index contributed by atoms with van der Waals surface area (Å²) in [4.78, 5) is 0. The van der Waals surface area contributed by atoms with Crippen LogP contribution in [0.4, 0.5) is 0 Å². The maximum absolute atomic E-state index is 2.45. The van der Waals surface area contributed by atoms with Gasteiger partial charge in [-0.15, -0.1) is 0 Å². The van der Waals surface area contributed by atoms with Crippen molar-refractivity contribution in [3.63, 3.8) is 0 Å². The van der Waals surface area contributed by atoms with Crippen LogP contribution in [0.3, 0.4) is 0 Å². The van der Waals surface area contributed by atoms with E-state index in [1.54, 1.807) is 0 Å². The zero-order valence-corrected chi connectivity index (χ0v) is 14.8. The second kappa shape index (κ2) is 4.98. The van der Waals surface area contributed by atoms with Crippen LogP contribution in [0.1, 0.15) is 18.1 Å². The molecule has 1 heteroatoms. The van der Waals surface area contributed by atoms with Gasteiger partial charge < -0.3 is 4.57 Å². The van der Waals surface area contributed by atoms with Crippen molar-refractivity contribution >= 4 is 32.6 Å². The average molecular weight is 333 g/mol. The first-order chi connectivity index (χ1) is 12.8. The van der Waals surface area contributed by atoms with Crippen molar-refractivity contribution < 1.29 is 0 Å². The van der Waals surface area contributed by atoms with E-state index in [0.29, 0.717) is 0 Å². The van der Waals surface area contributed by atoms with Gasteiger partial charge in [0.25, 0.3) is 0 Å². The number of fused-ring (bicyclic) bond motifs is 8. The molecule has 0 amide bonds. The van der Waals surface area contributed by atoms with Gasteiger partial charge >= 0.3 is 0 Å². The third-order valence-corrected chi connectivity index (χ3v) is 6.01. The summed E-state index contributed by atoms with van der Waals surface area (Å²) >= 11 is 0. The Balaban J connectivity index is 1.75. The van der Waals surface area contributed by atoms with Gasteiger partial charge in [0.05, 0.1) is 0 Å². The zero-order chi connectivity index (χ0) is 17.3. The Morgan fingerprint density at radius 1 is 0.731 bits per heavy atom. The van der Waals surface area contributed by atoms with Crippen LogP contribution >= 0.6 is 0 Å². The molecule has 1 aromatic heterocycles. The van der Waals surface area contributed by atoms with Gasteiger partial charge in [-0.1, -0.05) is 54.6 Å². The van der Waals surface area contributed by atoms with Gasteiger partial charge in [0.1, 0.15) is 0 Å². The molecule has 1 aliphatic carbocycles. The molecular weight excluding hydrogens is 314 g/mol. The SMILES string of the molecule is CCn1c2ccccc2c2cc3ccc4c(c3cc21)Cc1ccccc1-4. The molecule has 6 rings (SSSR count). The van der Waals surface area contributed by atoms with Crippen LogP contribution in [0, 0.1) is 0 Å². The van der Waals surface area contributed by atoms with Crippen LogP contribution in [-0.4, -0.2) is 4.57 Å². The minimum absolute atomic E-state index is 0.991. The van der Waals surface area contributed by atoms with Crippen LogP contribution < -0.4 is 0 Å². The molecule has 0 aliphatic heterocycles. The lowest BCUT2D eigenvalue weighted by Gasteiger charge is -2.08. The molecule has 0 spiro atoms. The third-order valence-electron chi connectivity index (χ3n) is 6.01. The second-order valence-electron chi connectivity index (χ2n) is 7.28. The lowest BCUT2D eigenvalue weighted by atomic mass is 9.97. The summed E-state index contributed by atoms with van der Waals surface area (Å²) in [5.41, 5.74) is 8.43. The number of benzene rings is 4. The number of rotatable bonds is 1. The molecular formula is C25H19N. The highest BCUT2D eigenvalue weighted by Gasteiger charge is 2.21. The Morgan fingerprint density at radius 2 is 1.58 bits per heavy atom. The van der Waals surface area contributed by atoms with Gasteiger partial charge in [-0.05, 0) is 64.6 Å². The minimum atomic E-state index is 0.991. The molecule has 1 heterocycles. The molecule has 26 heavy (non-hydrogen) atoms. The summed E-state index contributed by atoms with van der Waals surface area (Å²) in [7, 11) is 0. The minimum Gasteiger partial charge on any atom is -0.341 e. The monoisotopic (exact) mass is 333 g/mol. The number of aryl methyl sites for hydroxylation is 1. The molecule has 1 nitrogen and oxygen atoms in total. The lowest BCUT2D eigenvalue weighted by molar-refractivity contribution is 0.827. The van der Waals surface area contributed by atoms with Crippen LogP contribution in [0.5, 0.6) is 0 Å². The van der Waals surface area contributed by atoms with Crippen LogP contribution in [0.2, 0.25) is 0 Å². The van der Waals surface area contributed by atoms with E-state index in [9.17, 15) is 0 Å². The van der Waals surface area contributed by atoms with Crippen LogP contribution in [0.25, 0.3) is 43.7 Å². The molecule has 0 bridgehead atoms. The molecule has 4 aromatic carbocycles. The molecule has 0 saturated carbocycles. The molecule has 124 valence electrons. The van der Waals surface area contributed by atoms with Gasteiger partial charge in [0, 0.05) is 28.4 Å². The highest BCUT2D eigenvalue weighted by Crippen LogP contribution is 2.42. The normalized spacial score (nSPS) is 12.8. The standard InChI is InChI=1S/C25H19N/c1-2-26-24-10-6-5-9-20(24)23-14-17-11-12-19-18-8-4-3-7-16(18)13-22(19)21(17)15-25(23)26/h3-12,14-15H,2,13H2,1H3. The Bertz CT molecular complexity index is 1340. The first-order valence-electron chi connectivity index (χ1n) is 9.40. The number of aromatic nitrogens is 1. The van der Waals surface area contributed by atoms with E-state index in [4.69, 9.17) is 0 Å². The van der Waals surface area contributed by atoms with Gasteiger partial charge in [0.15, 0.2) is 0 Å². The van der Waals surface area contributed by atoms with Crippen LogP contribution in [0.15, 0.2) is 72.8 Å². The Kier molecular flexibility index (Phi) is 2.71.